The molecule has 0 aromatic heterocycles. The number of halogens is 1. The van der Waals surface area contributed by atoms with Crippen LogP contribution in [0, 0.1) is 0 Å². The number of aryl methyl sites for hydroxylation is 1. The van der Waals surface area contributed by atoms with Crippen LogP contribution >= 0.6 is 22.6 Å². The van der Waals surface area contributed by atoms with E-state index in [-0.39, 0.29) is 3.92 Å². The van der Waals surface area contributed by atoms with Gasteiger partial charge in [0.1, 0.15) is 0 Å². The number of ether oxygens (including phenoxy) is 4. The van der Waals surface area contributed by atoms with E-state index in [9.17, 15) is 9.59 Å². The summed E-state index contributed by atoms with van der Waals surface area (Å²) < 4.78 is 21.5. The molecular weight excluding hydrogens is 415 g/mol. The number of hydrogen-bond donors (Lipinski definition) is 0. The number of benzene rings is 1. The highest BCUT2D eigenvalue weighted by Gasteiger charge is 2.59. The molecule has 0 radical (unpaired) electrons. The lowest BCUT2D eigenvalue weighted by atomic mass is 9.86. The summed E-state index contributed by atoms with van der Waals surface area (Å²) in [5, 5.41) is 0. The SMILES string of the molecule is COC(=O)[C@@H]1OC2(O[C@H]1C(=O)OC)c1ccccc1CC[C@@H]2I. The molecule has 1 fully saturated rings. The van der Waals surface area contributed by atoms with Crippen molar-refractivity contribution in [3.8, 4) is 0 Å². The van der Waals surface area contributed by atoms with Crippen molar-refractivity contribution in [3.05, 3.63) is 35.4 Å². The van der Waals surface area contributed by atoms with Crippen LogP contribution in [0.5, 0.6) is 0 Å². The zero-order chi connectivity index (χ0) is 16.6. The molecule has 124 valence electrons. The molecule has 1 aromatic carbocycles. The minimum atomic E-state index is -1.15. The largest absolute Gasteiger partial charge is 0.467 e. The number of rotatable bonds is 2. The molecule has 3 rings (SSSR count). The zero-order valence-corrected chi connectivity index (χ0v) is 14.9. The van der Waals surface area contributed by atoms with Crippen molar-refractivity contribution >= 4 is 34.5 Å². The number of alkyl halides is 1. The van der Waals surface area contributed by atoms with Gasteiger partial charge in [-0.05, 0) is 18.4 Å². The predicted octanol–water partition coefficient (Wildman–Crippen LogP) is 1.72. The van der Waals surface area contributed by atoms with Crippen molar-refractivity contribution in [2.45, 2.75) is 34.8 Å². The van der Waals surface area contributed by atoms with E-state index in [2.05, 4.69) is 22.6 Å². The number of hydrogen-bond acceptors (Lipinski definition) is 6. The number of carbonyl (C=O) groups is 2. The highest BCUT2D eigenvalue weighted by molar-refractivity contribution is 14.1. The summed E-state index contributed by atoms with van der Waals surface area (Å²) in [6.07, 6.45) is -0.574. The fourth-order valence-corrected chi connectivity index (χ4v) is 4.04. The Hall–Kier alpha value is -1.19. The van der Waals surface area contributed by atoms with Gasteiger partial charge >= 0.3 is 11.9 Å². The van der Waals surface area contributed by atoms with Gasteiger partial charge in [0.25, 0.3) is 0 Å². The molecule has 1 spiro atoms. The molecule has 0 N–H and O–H groups in total. The van der Waals surface area contributed by atoms with Crippen LogP contribution < -0.4 is 0 Å². The van der Waals surface area contributed by atoms with E-state index < -0.39 is 29.9 Å². The average molecular weight is 432 g/mol. The lowest BCUT2D eigenvalue weighted by Gasteiger charge is -2.38. The van der Waals surface area contributed by atoms with Crippen molar-refractivity contribution in [1.29, 1.82) is 0 Å². The van der Waals surface area contributed by atoms with Crippen LogP contribution in [-0.2, 0) is 40.7 Å². The molecule has 6 nitrogen and oxygen atoms in total. The topological polar surface area (TPSA) is 71.1 Å². The van der Waals surface area contributed by atoms with Crippen molar-refractivity contribution in [2.24, 2.45) is 0 Å². The maximum Gasteiger partial charge on any atom is 0.338 e. The number of fused-ring (bicyclic) bond motifs is 2. The first-order chi connectivity index (χ1) is 11.0. The minimum absolute atomic E-state index is 0.0446. The Morgan fingerprint density at radius 3 is 2.26 bits per heavy atom. The predicted molar refractivity (Wildman–Crippen MR) is 88.0 cm³/mol. The van der Waals surface area contributed by atoms with E-state index in [1.54, 1.807) is 0 Å². The summed E-state index contributed by atoms with van der Waals surface area (Å²) in [6.45, 7) is 0. The molecule has 1 heterocycles. The summed E-state index contributed by atoms with van der Waals surface area (Å²) in [5.41, 5.74) is 1.94. The van der Waals surface area contributed by atoms with Crippen LogP contribution in [0.1, 0.15) is 17.5 Å². The van der Waals surface area contributed by atoms with E-state index in [4.69, 9.17) is 18.9 Å². The quantitative estimate of drug-likeness (QED) is 0.403. The first-order valence-electron chi connectivity index (χ1n) is 7.27. The maximum absolute atomic E-state index is 12.1. The third-order valence-corrected chi connectivity index (χ3v) is 5.66. The normalized spacial score (nSPS) is 28.2. The van der Waals surface area contributed by atoms with Gasteiger partial charge in [0.05, 0.1) is 18.1 Å². The fraction of sp³-hybridized carbons (Fsp3) is 0.500. The van der Waals surface area contributed by atoms with Gasteiger partial charge < -0.3 is 18.9 Å². The Bertz CT molecular complexity index is 607. The monoisotopic (exact) mass is 432 g/mol. The second-order valence-electron chi connectivity index (χ2n) is 5.45. The molecule has 1 aliphatic carbocycles. The Labute approximate surface area is 147 Å². The van der Waals surface area contributed by atoms with Crippen LogP contribution in [0.2, 0.25) is 0 Å². The smallest absolute Gasteiger partial charge is 0.338 e. The van der Waals surface area contributed by atoms with Gasteiger partial charge in [-0.25, -0.2) is 9.59 Å². The lowest BCUT2D eigenvalue weighted by molar-refractivity contribution is -0.196. The molecule has 7 heteroatoms. The Balaban J connectivity index is 2.06. The average Bonchev–Trinajstić information content (AvgIpc) is 2.99. The van der Waals surface area contributed by atoms with E-state index >= 15 is 0 Å². The molecule has 1 aromatic rings. The van der Waals surface area contributed by atoms with Crippen LogP contribution in [0.3, 0.4) is 0 Å². The molecule has 0 unspecified atom stereocenters. The van der Waals surface area contributed by atoms with Crippen LogP contribution in [0.15, 0.2) is 24.3 Å². The van der Waals surface area contributed by atoms with Crippen LogP contribution in [0.25, 0.3) is 0 Å². The van der Waals surface area contributed by atoms with Gasteiger partial charge in [-0.3, -0.25) is 0 Å². The van der Waals surface area contributed by atoms with Gasteiger partial charge in [0.2, 0.25) is 5.79 Å². The third-order valence-electron chi connectivity index (χ3n) is 4.22. The van der Waals surface area contributed by atoms with E-state index in [0.717, 1.165) is 24.0 Å². The molecule has 23 heavy (non-hydrogen) atoms. The molecular formula is C16H17IO6. The number of carbonyl (C=O) groups excluding carboxylic acids is 2. The summed E-state index contributed by atoms with van der Waals surface area (Å²) in [6, 6.07) is 7.75. The van der Waals surface area contributed by atoms with Gasteiger partial charge in [-0.15, -0.1) is 0 Å². The first-order valence-corrected chi connectivity index (χ1v) is 8.52. The molecule has 0 amide bonds. The number of methoxy groups -OCH3 is 2. The molecule has 3 atom stereocenters. The third kappa shape index (κ3) is 2.64. The van der Waals surface area contributed by atoms with Gasteiger partial charge in [0.15, 0.2) is 12.2 Å². The molecule has 0 saturated carbocycles. The maximum atomic E-state index is 12.1. The van der Waals surface area contributed by atoms with Gasteiger partial charge in [-0.2, -0.15) is 0 Å². The second kappa shape index (κ2) is 6.37. The van der Waals surface area contributed by atoms with Crippen molar-refractivity contribution < 1.29 is 28.5 Å². The Morgan fingerprint density at radius 2 is 1.70 bits per heavy atom. The standard InChI is InChI=1S/C16H17IO6/c1-20-14(18)12-13(15(19)21-2)23-16(22-12)10-6-4-3-5-9(10)7-8-11(16)17/h3-6,11-13H,7-8H2,1-2H3/t11-,12+,13+/m0/s1. The molecule has 1 aliphatic heterocycles. The first kappa shape index (κ1) is 16.7. The Kier molecular flexibility index (Phi) is 4.61. The highest BCUT2D eigenvalue weighted by Crippen LogP contribution is 2.49. The second-order valence-corrected chi connectivity index (χ2v) is 6.96. The summed E-state index contributed by atoms with van der Waals surface area (Å²) in [4.78, 5) is 24.1. The van der Waals surface area contributed by atoms with Crippen LogP contribution in [0.4, 0.5) is 0 Å². The molecule has 1 saturated heterocycles. The molecule has 0 bridgehead atoms. The van der Waals surface area contributed by atoms with Gasteiger partial charge in [0, 0.05) is 5.56 Å². The van der Waals surface area contributed by atoms with E-state index in [1.165, 1.54) is 14.2 Å². The Morgan fingerprint density at radius 1 is 1.13 bits per heavy atom. The summed E-state index contributed by atoms with van der Waals surface area (Å²) in [7, 11) is 2.50. The highest BCUT2D eigenvalue weighted by atomic mass is 127. The van der Waals surface area contributed by atoms with E-state index in [0.29, 0.717) is 0 Å². The summed E-state index contributed by atoms with van der Waals surface area (Å²) in [5.74, 6) is -2.44. The van der Waals surface area contributed by atoms with Crippen molar-refractivity contribution in [3.63, 3.8) is 0 Å². The van der Waals surface area contributed by atoms with Crippen molar-refractivity contribution in [2.75, 3.05) is 14.2 Å². The minimum Gasteiger partial charge on any atom is -0.467 e. The lowest BCUT2D eigenvalue weighted by Crippen LogP contribution is -2.42. The van der Waals surface area contributed by atoms with E-state index in [1.807, 2.05) is 24.3 Å². The fourth-order valence-electron chi connectivity index (χ4n) is 3.10. The van der Waals surface area contributed by atoms with Crippen molar-refractivity contribution in [1.82, 2.24) is 0 Å². The summed E-state index contributed by atoms with van der Waals surface area (Å²) >= 11 is 2.25. The van der Waals surface area contributed by atoms with Crippen LogP contribution in [-0.4, -0.2) is 42.3 Å². The number of esters is 2. The molecule has 2 aliphatic rings. The van der Waals surface area contributed by atoms with Gasteiger partial charge in [-0.1, -0.05) is 46.9 Å². The zero-order valence-electron chi connectivity index (χ0n) is 12.8.